The maximum Gasteiger partial charge on any atom is 0.316 e. The summed E-state index contributed by atoms with van der Waals surface area (Å²) in [5, 5.41) is 21.4. The van der Waals surface area contributed by atoms with Gasteiger partial charge in [0.15, 0.2) is 5.82 Å². The number of nitro groups is 1. The largest absolute Gasteiger partial charge is 0.467 e. The summed E-state index contributed by atoms with van der Waals surface area (Å²) in [5.41, 5.74) is 0.610. The molecule has 1 N–H and O–H groups in total. The highest BCUT2D eigenvalue weighted by molar-refractivity contribution is 5.89. The van der Waals surface area contributed by atoms with Crippen LogP contribution in [0.5, 0.6) is 0 Å². The first-order valence-corrected chi connectivity index (χ1v) is 7.27. The normalized spacial score (nSPS) is 10.8. The van der Waals surface area contributed by atoms with Crippen LogP contribution < -0.4 is 5.32 Å². The minimum atomic E-state index is -0.547. The molecule has 0 aliphatic carbocycles. The van der Waals surface area contributed by atoms with Crippen molar-refractivity contribution in [1.29, 1.82) is 0 Å². The third kappa shape index (κ3) is 3.39. The van der Waals surface area contributed by atoms with E-state index >= 15 is 0 Å². The number of amides is 1. The third-order valence-electron chi connectivity index (χ3n) is 3.48. The molecule has 3 rings (SSSR count). The first kappa shape index (κ1) is 16.4. The number of nitrogens with zero attached hydrogens (tertiary/aromatic N) is 5. The molecule has 11 heteroatoms. The lowest BCUT2D eigenvalue weighted by atomic mass is 10.3. The number of hydrogen-bond donors (Lipinski definition) is 1. The molecule has 3 aromatic rings. The predicted molar refractivity (Wildman–Crippen MR) is 81.6 cm³/mol. The lowest BCUT2D eigenvalue weighted by molar-refractivity contribution is -0.386. The van der Waals surface area contributed by atoms with Gasteiger partial charge in [-0.2, -0.15) is 10.1 Å². The zero-order valence-electron chi connectivity index (χ0n) is 13.4. The van der Waals surface area contributed by atoms with Crippen LogP contribution in [-0.2, 0) is 13.1 Å². The Hall–Kier alpha value is -3.50. The van der Waals surface area contributed by atoms with Gasteiger partial charge in [0.05, 0.1) is 17.7 Å². The fourth-order valence-electron chi connectivity index (χ4n) is 2.31. The van der Waals surface area contributed by atoms with E-state index in [0.29, 0.717) is 17.1 Å². The van der Waals surface area contributed by atoms with Gasteiger partial charge in [0.2, 0.25) is 0 Å². The number of aryl methyl sites for hydroxylation is 1. The van der Waals surface area contributed by atoms with Gasteiger partial charge in [0, 0.05) is 0 Å². The van der Waals surface area contributed by atoms with Gasteiger partial charge < -0.3 is 14.3 Å². The molecule has 0 spiro atoms. The SMILES string of the molecule is Cc1nn(Cc2noc(C(=O)NCc3ccco3)n2)c(C)c1[N+](=O)[O-]. The Labute approximate surface area is 140 Å². The molecule has 11 nitrogen and oxygen atoms in total. The third-order valence-corrected chi connectivity index (χ3v) is 3.48. The Bertz CT molecular complexity index is 910. The van der Waals surface area contributed by atoms with Crippen LogP contribution in [-0.4, -0.2) is 30.8 Å². The molecule has 3 aromatic heterocycles. The Kier molecular flexibility index (Phi) is 4.29. The van der Waals surface area contributed by atoms with E-state index in [1.165, 1.54) is 10.9 Å². The Morgan fingerprint density at radius 1 is 1.44 bits per heavy atom. The van der Waals surface area contributed by atoms with E-state index in [2.05, 4.69) is 20.6 Å². The van der Waals surface area contributed by atoms with Crippen molar-refractivity contribution >= 4 is 11.6 Å². The van der Waals surface area contributed by atoms with Gasteiger partial charge in [-0.25, -0.2) is 0 Å². The molecule has 0 aromatic carbocycles. The maximum absolute atomic E-state index is 12.0. The molecule has 0 radical (unpaired) electrons. The molecule has 130 valence electrons. The summed E-state index contributed by atoms with van der Waals surface area (Å²) in [6, 6.07) is 3.43. The van der Waals surface area contributed by atoms with Crippen molar-refractivity contribution < 1.29 is 18.7 Å². The fourth-order valence-corrected chi connectivity index (χ4v) is 2.31. The molecule has 0 unspecified atom stereocenters. The predicted octanol–water partition coefficient (Wildman–Crippen LogP) is 1.36. The van der Waals surface area contributed by atoms with Gasteiger partial charge in [-0.05, 0) is 26.0 Å². The van der Waals surface area contributed by atoms with Gasteiger partial charge in [-0.3, -0.25) is 19.6 Å². The summed E-state index contributed by atoms with van der Waals surface area (Å²) in [5.74, 6) is 0.0128. The molecule has 3 heterocycles. The number of carbonyl (C=O) groups is 1. The van der Waals surface area contributed by atoms with Crippen LogP contribution in [0.25, 0.3) is 0 Å². The summed E-state index contributed by atoms with van der Waals surface area (Å²) >= 11 is 0. The average molecular weight is 346 g/mol. The summed E-state index contributed by atoms with van der Waals surface area (Å²) in [6.07, 6.45) is 1.50. The van der Waals surface area contributed by atoms with Gasteiger partial charge in [0.1, 0.15) is 23.7 Å². The van der Waals surface area contributed by atoms with Crippen molar-refractivity contribution in [2.75, 3.05) is 0 Å². The van der Waals surface area contributed by atoms with Gasteiger partial charge >= 0.3 is 17.5 Å². The lowest BCUT2D eigenvalue weighted by Gasteiger charge is -1.99. The summed E-state index contributed by atoms with van der Waals surface area (Å²) < 4.78 is 11.4. The summed E-state index contributed by atoms with van der Waals surface area (Å²) in [6.45, 7) is 3.36. The first-order chi connectivity index (χ1) is 12.0. The van der Waals surface area contributed by atoms with Crippen molar-refractivity contribution in [2.24, 2.45) is 0 Å². The molecule has 0 bridgehead atoms. The second-order valence-corrected chi connectivity index (χ2v) is 5.21. The van der Waals surface area contributed by atoms with E-state index in [9.17, 15) is 14.9 Å². The van der Waals surface area contributed by atoms with Crippen LogP contribution in [0.4, 0.5) is 5.69 Å². The van der Waals surface area contributed by atoms with Crippen LogP contribution in [0.3, 0.4) is 0 Å². The minimum Gasteiger partial charge on any atom is -0.467 e. The molecule has 0 aliphatic heterocycles. The molecular weight excluding hydrogens is 332 g/mol. The summed E-state index contributed by atoms with van der Waals surface area (Å²) in [4.78, 5) is 26.5. The van der Waals surface area contributed by atoms with Crippen molar-refractivity contribution in [3.63, 3.8) is 0 Å². The topological polar surface area (TPSA) is 142 Å². The molecule has 25 heavy (non-hydrogen) atoms. The van der Waals surface area contributed by atoms with Gasteiger partial charge in [-0.15, -0.1) is 0 Å². The number of carbonyl (C=O) groups excluding carboxylic acids is 1. The van der Waals surface area contributed by atoms with E-state index < -0.39 is 10.8 Å². The highest BCUT2D eigenvalue weighted by atomic mass is 16.6. The molecule has 0 fully saturated rings. The van der Waals surface area contributed by atoms with E-state index in [1.54, 1.807) is 26.0 Å². The smallest absolute Gasteiger partial charge is 0.316 e. The van der Waals surface area contributed by atoms with E-state index in [1.807, 2.05) is 0 Å². The molecule has 0 saturated carbocycles. The quantitative estimate of drug-likeness (QED) is 0.520. The van der Waals surface area contributed by atoms with E-state index in [4.69, 9.17) is 8.94 Å². The lowest BCUT2D eigenvalue weighted by Crippen LogP contribution is -2.23. The number of aromatic nitrogens is 4. The minimum absolute atomic E-state index is 0.0511. The van der Waals surface area contributed by atoms with Crippen LogP contribution in [0.1, 0.15) is 33.7 Å². The van der Waals surface area contributed by atoms with Crippen molar-refractivity contribution in [1.82, 2.24) is 25.2 Å². The van der Waals surface area contributed by atoms with E-state index in [-0.39, 0.29) is 30.5 Å². The number of nitrogens with one attached hydrogen (secondary N) is 1. The number of furan rings is 1. The van der Waals surface area contributed by atoms with Crippen molar-refractivity contribution in [3.05, 3.63) is 57.4 Å². The number of rotatable bonds is 6. The Morgan fingerprint density at radius 3 is 2.88 bits per heavy atom. The van der Waals surface area contributed by atoms with Crippen LogP contribution in [0, 0.1) is 24.0 Å². The monoisotopic (exact) mass is 346 g/mol. The Morgan fingerprint density at radius 2 is 2.24 bits per heavy atom. The highest BCUT2D eigenvalue weighted by Gasteiger charge is 2.23. The molecule has 0 atom stereocenters. The van der Waals surface area contributed by atoms with Crippen molar-refractivity contribution in [2.45, 2.75) is 26.9 Å². The summed E-state index contributed by atoms with van der Waals surface area (Å²) in [7, 11) is 0. The molecule has 1 amide bonds. The zero-order chi connectivity index (χ0) is 18.0. The molecule has 0 saturated heterocycles. The van der Waals surface area contributed by atoms with Crippen LogP contribution in [0.15, 0.2) is 27.3 Å². The fraction of sp³-hybridized carbons (Fsp3) is 0.286. The van der Waals surface area contributed by atoms with Crippen LogP contribution in [0.2, 0.25) is 0 Å². The molecular formula is C14H14N6O5. The van der Waals surface area contributed by atoms with Gasteiger partial charge in [0.25, 0.3) is 0 Å². The van der Waals surface area contributed by atoms with E-state index in [0.717, 1.165) is 0 Å². The molecule has 0 aliphatic rings. The second kappa shape index (κ2) is 6.55. The standard InChI is InChI=1S/C14H14N6O5/c1-8-12(20(22)23)9(2)19(17-8)7-11-16-14(25-18-11)13(21)15-6-10-4-3-5-24-10/h3-5H,6-7H2,1-2H3,(H,15,21). The Balaban J connectivity index is 1.68. The second-order valence-electron chi connectivity index (χ2n) is 5.21. The maximum atomic E-state index is 12.0. The van der Waals surface area contributed by atoms with Gasteiger partial charge in [-0.1, -0.05) is 5.16 Å². The number of hydrogen-bond acceptors (Lipinski definition) is 8. The zero-order valence-corrected chi connectivity index (χ0v) is 13.4. The highest BCUT2D eigenvalue weighted by Crippen LogP contribution is 2.22. The average Bonchev–Trinajstić information content (AvgIpc) is 3.27. The van der Waals surface area contributed by atoms with Crippen molar-refractivity contribution in [3.8, 4) is 0 Å². The first-order valence-electron chi connectivity index (χ1n) is 7.27. The van der Waals surface area contributed by atoms with Crippen LogP contribution >= 0.6 is 0 Å².